The Hall–Kier alpha value is 0.0274. The van der Waals surface area contributed by atoms with Crippen LogP contribution in [0.15, 0.2) is 0 Å². The summed E-state index contributed by atoms with van der Waals surface area (Å²) in [7, 11) is 0. The predicted molar refractivity (Wildman–Crippen MR) is 32.3 cm³/mol. The number of hydrogen-bond acceptors (Lipinski definition) is 2. The van der Waals surface area contributed by atoms with Gasteiger partial charge in [-0.3, -0.25) is 0 Å². The molecule has 0 amide bonds. The minimum Gasteiger partial charge on any atom is -1.00 e. The quantitative estimate of drug-likeness (QED) is 0.448. The first kappa shape index (κ1) is 10.0. The summed E-state index contributed by atoms with van der Waals surface area (Å²) in [5.74, 6) is -0.815. The van der Waals surface area contributed by atoms with Gasteiger partial charge in [0.25, 0.3) is 0 Å². The summed E-state index contributed by atoms with van der Waals surface area (Å²) in [5.41, 5.74) is -0.783. The van der Waals surface area contributed by atoms with Crippen molar-refractivity contribution < 1.29 is 34.9 Å². The van der Waals surface area contributed by atoms with E-state index in [0.29, 0.717) is 19.4 Å². The molecule has 0 unspecified atom stereocenters. The number of hydrogen-bond donors (Lipinski definition) is 1. The molecule has 0 aliphatic heterocycles. The number of rotatable bonds is 3. The van der Waals surface area contributed by atoms with Gasteiger partial charge >= 0.3 is 24.8 Å². The van der Waals surface area contributed by atoms with Gasteiger partial charge in [0.05, 0.1) is 0 Å². The molecule has 54 valence electrons. The first-order valence-corrected chi connectivity index (χ1v) is 3.08. The maximum Gasteiger partial charge on any atom is 1.00 e. The Morgan fingerprint density at radius 2 is 2.30 bits per heavy atom. The van der Waals surface area contributed by atoms with Crippen molar-refractivity contribution in [3.63, 3.8) is 0 Å². The third-order valence-corrected chi connectivity index (χ3v) is 1.51. The van der Waals surface area contributed by atoms with Gasteiger partial charge in [-0.25, -0.2) is 4.79 Å². The zero-order valence-corrected chi connectivity index (χ0v) is 6.39. The third-order valence-electron chi connectivity index (χ3n) is 1.51. The fourth-order valence-electron chi connectivity index (χ4n) is 0.810. The van der Waals surface area contributed by atoms with E-state index in [4.69, 9.17) is 9.84 Å². The third kappa shape index (κ3) is 1.76. The fraction of sp³-hybridized carbons (Fsp3) is 0.833. The van der Waals surface area contributed by atoms with Crippen LogP contribution >= 0.6 is 0 Å². The molecule has 1 fully saturated rings. The number of carbonyl (C=O) groups is 1. The van der Waals surface area contributed by atoms with E-state index in [1.807, 2.05) is 6.92 Å². The van der Waals surface area contributed by atoms with E-state index in [1.165, 1.54) is 0 Å². The Bertz CT molecular complexity index is 136. The van der Waals surface area contributed by atoms with Crippen molar-refractivity contribution in [2.75, 3.05) is 6.61 Å². The van der Waals surface area contributed by atoms with Crippen molar-refractivity contribution in [2.24, 2.45) is 0 Å². The Kier molecular flexibility index (Phi) is 3.44. The molecule has 0 atom stereocenters. The SMILES string of the molecule is CCOC1(C(=O)O)CC1.[H-].[Li+]. The first-order valence-electron chi connectivity index (χ1n) is 3.08. The zero-order chi connectivity index (χ0) is 6.91. The van der Waals surface area contributed by atoms with Crippen LogP contribution in [-0.4, -0.2) is 23.3 Å². The molecule has 0 aromatic heterocycles. The van der Waals surface area contributed by atoms with Crippen molar-refractivity contribution >= 4 is 5.97 Å². The maximum atomic E-state index is 10.3. The molecule has 1 N–H and O–H groups in total. The van der Waals surface area contributed by atoms with Crippen LogP contribution in [0, 0.1) is 0 Å². The Balaban J connectivity index is 0. The summed E-state index contributed by atoms with van der Waals surface area (Å²) in [6.45, 7) is 2.30. The average Bonchev–Trinajstić information content (AvgIpc) is 2.49. The fourth-order valence-corrected chi connectivity index (χ4v) is 0.810. The van der Waals surface area contributed by atoms with Gasteiger partial charge in [-0.2, -0.15) is 0 Å². The predicted octanol–water partition coefficient (Wildman–Crippen LogP) is -2.24. The van der Waals surface area contributed by atoms with Crippen molar-refractivity contribution in [3.05, 3.63) is 0 Å². The van der Waals surface area contributed by atoms with E-state index < -0.39 is 11.6 Å². The Morgan fingerprint density at radius 1 is 1.80 bits per heavy atom. The molecule has 10 heavy (non-hydrogen) atoms. The normalized spacial score (nSPS) is 19.3. The van der Waals surface area contributed by atoms with E-state index in [1.54, 1.807) is 0 Å². The van der Waals surface area contributed by atoms with Crippen molar-refractivity contribution in [2.45, 2.75) is 25.4 Å². The van der Waals surface area contributed by atoms with Gasteiger partial charge in [0.15, 0.2) is 5.60 Å². The Morgan fingerprint density at radius 3 is 2.40 bits per heavy atom. The largest absolute Gasteiger partial charge is 1.00 e. The van der Waals surface area contributed by atoms with E-state index >= 15 is 0 Å². The van der Waals surface area contributed by atoms with Crippen LogP contribution in [0.5, 0.6) is 0 Å². The van der Waals surface area contributed by atoms with Crippen LogP contribution in [0.2, 0.25) is 0 Å². The van der Waals surface area contributed by atoms with Gasteiger partial charge in [-0.05, 0) is 19.8 Å². The second kappa shape index (κ2) is 3.43. The molecule has 0 aromatic carbocycles. The van der Waals surface area contributed by atoms with Crippen molar-refractivity contribution in [1.82, 2.24) is 0 Å². The molecule has 0 saturated heterocycles. The van der Waals surface area contributed by atoms with Crippen LogP contribution < -0.4 is 18.9 Å². The van der Waals surface area contributed by atoms with Crippen LogP contribution in [0.4, 0.5) is 0 Å². The molecule has 0 spiro atoms. The van der Waals surface area contributed by atoms with E-state index in [2.05, 4.69) is 0 Å². The van der Waals surface area contributed by atoms with Gasteiger partial charge in [0, 0.05) is 6.61 Å². The minimum atomic E-state index is -0.815. The molecule has 0 heterocycles. The number of carboxylic acid groups (broad SMARTS) is 1. The summed E-state index contributed by atoms with van der Waals surface area (Å²) >= 11 is 0. The van der Waals surface area contributed by atoms with Gasteiger partial charge in [-0.15, -0.1) is 0 Å². The first-order chi connectivity index (χ1) is 4.21. The smallest absolute Gasteiger partial charge is 1.00 e. The number of aliphatic carboxylic acids is 1. The zero-order valence-electron chi connectivity index (χ0n) is 7.39. The van der Waals surface area contributed by atoms with E-state index in [0.717, 1.165) is 0 Å². The monoisotopic (exact) mass is 138 g/mol. The molecule has 0 aromatic rings. The molecule has 1 saturated carbocycles. The average molecular weight is 138 g/mol. The minimum absolute atomic E-state index is 0. The molecule has 3 nitrogen and oxygen atoms in total. The van der Waals surface area contributed by atoms with Crippen molar-refractivity contribution in [1.29, 1.82) is 0 Å². The van der Waals surface area contributed by atoms with E-state index in [9.17, 15) is 4.79 Å². The second-order valence-corrected chi connectivity index (χ2v) is 2.23. The summed E-state index contributed by atoms with van der Waals surface area (Å²) in [6.07, 6.45) is 1.35. The molecule has 1 rings (SSSR count). The molecule has 4 heteroatoms. The topological polar surface area (TPSA) is 46.5 Å². The summed E-state index contributed by atoms with van der Waals surface area (Å²) in [5, 5.41) is 8.51. The molecule has 0 bridgehead atoms. The second-order valence-electron chi connectivity index (χ2n) is 2.23. The van der Waals surface area contributed by atoms with Crippen LogP contribution in [0.3, 0.4) is 0 Å². The molecule has 1 aliphatic rings. The molecular weight excluding hydrogens is 127 g/mol. The molecule has 1 aliphatic carbocycles. The summed E-state index contributed by atoms with van der Waals surface area (Å²) < 4.78 is 5.00. The maximum absolute atomic E-state index is 10.3. The Labute approximate surface area is 73.4 Å². The van der Waals surface area contributed by atoms with Crippen LogP contribution in [-0.2, 0) is 9.53 Å². The van der Waals surface area contributed by atoms with Gasteiger partial charge in [0.2, 0.25) is 0 Å². The summed E-state index contributed by atoms with van der Waals surface area (Å²) in [6, 6.07) is 0. The van der Waals surface area contributed by atoms with Gasteiger partial charge in [-0.1, -0.05) is 0 Å². The van der Waals surface area contributed by atoms with Gasteiger partial charge in [0.1, 0.15) is 0 Å². The molecule has 0 radical (unpaired) electrons. The summed E-state index contributed by atoms with van der Waals surface area (Å²) in [4.78, 5) is 10.3. The molecular formula is C6H11LiO3. The number of carboxylic acids is 1. The van der Waals surface area contributed by atoms with E-state index in [-0.39, 0.29) is 20.3 Å². The van der Waals surface area contributed by atoms with Crippen LogP contribution in [0.1, 0.15) is 21.2 Å². The standard InChI is InChI=1S/C6H10O3.Li.H/c1-2-9-6(3-4-6)5(7)8;;/h2-4H2,1H3,(H,7,8);;/q;+1;-1. The number of ether oxygens (including phenoxy) is 1. The van der Waals surface area contributed by atoms with Gasteiger partial charge < -0.3 is 11.3 Å². The van der Waals surface area contributed by atoms with Crippen molar-refractivity contribution in [3.8, 4) is 0 Å². The van der Waals surface area contributed by atoms with Crippen LogP contribution in [0.25, 0.3) is 0 Å².